The molecule has 1 fully saturated rings. The molecule has 1 aliphatic rings. The van der Waals surface area contributed by atoms with Crippen molar-refractivity contribution in [2.75, 3.05) is 13.1 Å². The lowest BCUT2D eigenvalue weighted by Crippen LogP contribution is -2.10. The van der Waals surface area contributed by atoms with Gasteiger partial charge in [-0.15, -0.1) is 0 Å². The Bertz CT molecular complexity index is 243. The third kappa shape index (κ3) is 1.75. The monoisotopic (exact) mass is 179 g/mol. The summed E-state index contributed by atoms with van der Waals surface area (Å²) in [6.45, 7) is 4.52. The van der Waals surface area contributed by atoms with Gasteiger partial charge in [0.1, 0.15) is 0 Å². The average Bonchev–Trinajstić information content (AvgIpc) is 2.71. The molecule has 2 atom stereocenters. The molecule has 2 N–H and O–H groups in total. The van der Waals surface area contributed by atoms with Gasteiger partial charge in [0.25, 0.3) is 0 Å². The Morgan fingerprint density at radius 2 is 2.46 bits per heavy atom. The molecule has 2 rings (SSSR count). The van der Waals surface area contributed by atoms with E-state index in [-0.39, 0.29) is 0 Å². The maximum Gasteiger partial charge on any atom is 0.0490 e. The van der Waals surface area contributed by atoms with Gasteiger partial charge in [0.15, 0.2) is 0 Å². The maximum atomic E-state index is 4.01. The van der Waals surface area contributed by atoms with Crippen molar-refractivity contribution >= 4 is 0 Å². The van der Waals surface area contributed by atoms with Gasteiger partial charge in [0, 0.05) is 24.4 Å². The molecule has 72 valence electrons. The van der Waals surface area contributed by atoms with E-state index in [0.717, 1.165) is 19.0 Å². The molecule has 1 aliphatic heterocycles. The number of aromatic nitrogens is 2. The van der Waals surface area contributed by atoms with E-state index in [1.165, 1.54) is 18.5 Å². The average molecular weight is 179 g/mol. The fourth-order valence-corrected chi connectivity index (χ4v) is 2.24. The fraction of sp³-hybridized carbons (Fsp3) is 0.700. The third-order valence-corrected chi connectivity index (χ3v) is 2.92. The first-order chi connectivity index (χ1) is 6.42. The Kier molecular flexibility index (Phi) is 2.64. The summed E-state index contributed by atoms with van der Waals surface area (Å²) in [7, 11) is 0. The molecule has 0 radical (unpaired) electrons. The summed E-state index contributed by atoms with van der Waals surface area (Å²) in [4.78, 5) is 0. The van der Waals surface area contributed by atoms with Crippen LogP contribution in [0.4, 0.5) is 0 Å². The minimum atomic E-state index is 0.655. The summed E-state index contributed by atoms with van der Waals surface area (Å²) in [6.07, 6.45) is 4.43. The van der Waals surface area contributed by atoms with Crippen LogP contribution in [0.25, 0.3) is 0 Å². The molecule has 13 heavy (non-hydrogen) atoms. The Morgan fingerprint density at radius 3 is 3.15 bits per heavy atom. The van der Waals surface area contributed by atoms with Gasteiger partial charge < -0.3 is 5.32 Å². The Balaban J connectivity index is 2.05. The molecule has 1 saturated heterocycles. The van der Waals surface area contributed by atoms with Crippen LogP contribution >= 0.6 is 0 Å². The smallest absolute Gasteiger partial charge is 0.0490 e. The van der Waals surface area contributed by atoms with E-state index in [0.29, 0.717) is 5.92 Å². The summed E-state index contributed by atoms with van der Waals surface area (Å²) in [5.74, 6) is 1.45. The van der Waals surface area contributed by atoms with E-state index >= 15 is 0 Å². The summed E-state index contributed by atoms with van der Waals surface area (Å²) < 4.78 is 0. The van der Waals surface area contributed by atoms with E-state index in [1.807, 2.05) is 6.20 Å². The first-order valence-electron chi connectivity index (χ1n) is 5.11. The number of nitrogens with zero attached hydrogens (tertiary/aromatic N) is 1. The lowest BCUT2D eigenvalue weighted by Gasteiger charge is -2.15. The van der Waals surface area contributed by atoms with E-state index in [9.17, 15) is 0 Å². The lowest BCUT2D eigenvalue weighted by atomic mass is 9.89. The molecule has 3 heteroatoms. The van der Waals surface area contributed by atoms with Crippen molar-refractivity contribution in [1.29, 1.82) is 0 Å². The second-order valence-electron chi connectivity index (χ2n) is 3.83. The third-order valence-electron chi connectivity index (χ3n) is 2.92. The van der Waals surface area contributed by atoms with Gasteiger partial charge in [-0.2, -0.15) is 5.10 Å². The van der Waals surface area contributed by atoms with E-state index in [4.69, 9.17) is 0 Å². The minimum Gasteiger partial charge on any atom is -0.316 e. The molecule has 0 spiro atoms. The zero-order valence-corrected chi connectivity index (χ0v) is 8.09. The van der Waals surface area contributed by atoms with Gasteiger partial charge in [-0.05, 0) is 24.9 Å². The quantitative estimate of drug-likeness (QED) is 0.738. The van der Waals surface area contributed by atoms with Crippen LogP contribution in [0.15, 0.2) is 12.3 Å². The SMILES string of the molecule is CCC[C@H]1CNC[C@H]1c1ccn[nH]1. The summed E-state index contributed by atoms with van der Waals surface area (Å²) in [6, 6.07) is 2.10. The van der Waals surface area contributed by atoms with Crippen LogP contribution in [0.2, 0.25) is 0 Å². The van der Waals surface area contributed by atoms with E-state index in [2.05, 4.69) is 28.5 Å². The molecule has 0 bridgehead atoms. The standard InChI is InChI=1S/C10H17N3/c1-2-3-8-6-11-7-9(8)10-4-5-12-13-10/h4-5,8-9,11H,2-3,6-7H2,1H3,(H,12,13)/t8-,9+/m0/s1. The van der Waals surface area contributed by atoms with E-state index in [1.54, 1.807) is 0 Å². The first-order valence-corrected chi connectivity index (χ1v) is 5.11. The number of H-pyrrole nitrogens is 1. The van der Waals surface area contributed by atoms with Crippen molar-refractivity contribution in [3.63, 3.8) is 0 Å². The van der Waals surface area contributed by atoms with Crippen molar-refractivity contribution in [3.8, 4) is 0 Å². The van der Waals surface area contributed by atoms with Crippen molar-refractivity contribution in [2.45, 2.75) is 25.7 Å². The highest BCUT2D eigenvalue weighted by Crippen LogP contribution is 2.29. The van der Waals surface area contributed by atoms with Crippen molar-refractivity contribution in [3.05, 3.63) is 18.0 Å². The molecule has 2 heterocycles. The number of hydrogen-bond donors (Lipinski definition) is 2. The van der Waals surface area contributed by atoms with Crippen molar-refractivity contribution in [2.24, 2.45) is 5.92 Å². The summed E-state index contributed by atoms with van der Waals surface area (Å²) >= 11 is 0. The highest BCUT2D eigenvalue weighted by atomic mass is 15.1. The van der Waals surface area contributed by atoms with Crippen LogP contribution in [0, 0.1) is 5.92 Å². The molecule has 1 aromatic rings. The van der Waals surface area contributed by atoms with Gasteiger partial charge in [-0.3, -0.25) is 5.10 Å². The van der Waals surface area contributed by atoms with Crippen LogP contribution in [0.5, 0.6) is 0 Å². The zero-order chi connectivity index (χ0) is 9.10. The highest BCUT2D eigenvalue weighted by Gasteiger charge is 2.28. The molecule has 3 nitrogen and oxygen atoms in total. The van der Waals surface area contributed by atoms with Gasteiger partial charge >= 0.3 is 0 Å². The molecule has 1 aromatic heterocycles. The second kappa shape index (κ2) is 3.92. The predicted molar refractivity (Wildman–Crippen MR) is 52.6 cm³/mol. The van der Waals surface area contributed by atoms with Gasteiger partial charge in [0.05, 0.1) is 0 Å². The Labute approximate surface area is 78.9 Å². The summed E-state index contributed by atoms with van der Waals surface area (Å²) in [5.41, 5.74) is 1.29. The van der Waals surface area contributed by atoms with Crippen molar-refractivity contribution in [1.82, 2.24) is 15.5 Å². The van der Waals surface area contributed by atoms with Crippen LogP contribution in [-0.4, -0.2) is 23.3 Å². The largest absolute Gasteiger partial charge is 0.316 e. The molecular weight excluding hydrogens is 162 g/mol. The first kappa shape index (κ1) is 8.75. The molecule has 0 saturated carbocycles. The molecule has 0 aliphatic carbocycles. The van der Waals surface area contributed by atoms with Crippen LogP contribution in [0.1, 0.15) is 31.4 Å². The van der Waals surface area contributed by atoms with Crippen LogP contribution < -0.4 is 5.32 Å². The minimum absolute atomic E-state index is 0.655. The predicted octanol–water partition coefficient (Wildman–Crippen LogP) is 1.51. The second-order valence-corrected chi connectivity index (χ2v) is 3.83. The number of aromatic amines is 1. The van der Waals surface area contributed by atoms with Crippen molar-refractivity contribution < 1.29 is 0 Å². The highest BCUT2D eigenvalue weighted by molar-refractivity contribution is 5.10. The van der Waals surface area contributed by atoms with Gasteiger partial charge in [-0.25, -0.2) is 0 Å². The maximum absolute atomic E-state index is 4.01. The van der Waals surface area contributed by atoms with Crippen LogP contribution in [0.3, 0.4) is 0 Å². The molecule has 0 aromatic carbocycles. The van der Waals surface area contributed by atoms with Crippen LogP contribution in [-0.2, 0) is 0 Å². The number of hydrogen-bond acceptors (Lipinski definition) is 2. The fourth-order valence-electron chi connectivity index (χ4n) is 2.24. The molecule has 0 unspecified atom stereocenters. The van der Waals surface area contributed by atoms with Gasteiger partial charge in [-0.1, -0.05) is 13.3 Å². The van der Waals surface area contributed by atoms with E-state index < -0.39 is 0 Å². The zero-order valence-electron chi connectivity index (χ0n) is 8.09. The summed E-state index contributed by atoms with van der Waals surface area (Å²) in [5, 5.41) is 10.5. The number of rotatable bonds is 3. The van der Waals surface area contributed by atoms with Gasteiger partial charge in [0.2, 0.25) is 0 Å². The molecule has 0 amide bonds. The lowest BCUT2D eigenvalue weighted by molar-refractivity contribution is 0.466. The Hall–Kier alpha value is -0.830. The number of nitrogens with one attached hydrogen (secondary N) is 2. The topological polar surface area (TPSA) is 40.7 Å². The normalized spacial score (nSPS) is 28.1. The molecular formula is C10H17N3. The Morgan fingerprint density at radius 1 is 1.54 bits per heavy atom.